The molecule has 0 fully saturated rings. The quantitative estimate of drug-likeness (QED) is 0.847. The van der Waals surface area contributed by atoms with Gasteiger partial charge in [0.25, 0.3) is 0 Å². The summed E-state index contributed by atoms with van der Waals surface area (Å²) in [6.45, 7) is 6.94. The number of halogens is 3. The number of rotatable bonds is 6. The molecule has 0 radical (unpaired) electrons. The van der Waals surface area contributed by atoms with Crippen LogP contribution in [0.1, 0.15) is 38.8 Å². The van der Waals surface area contributed by atoms with Crippen molar-refractivity contribution in [1.82, 2.24) is 5.32 Å². The fraction of sp³-hybridized carbons (Fsp3) is 0.600. The van der Waals surface area contributed by atoms with Crippen molar-refractivity contribution < 1.29 is 23.0 Å². The smallest absolute Gasteiger partial charge is 0.419 e. The molecule has 1 aromatic rings. The molecule has 0 saturated heterocycles. The lowest BCUT2D eigenvalue weighted by molar-refractivity contribution is -0.139. The van der Waals surface area contributed by atoms with Crippen molar-refractivity contribution in [1.29, 1.82) is 0 Å². The molecule has 0 bridgehead atoms. The Morgan fingerprint density at radius 3 is 2.33 bits per heavy atom. The second-order valence-corrected chi connectivity index (χ2v) is 5.96. The molecule has 0 aliphatic rings. The molecule has 0 saturated carbocycles. The predicted molar refractivity (Wildman–Crippen MR) is 75.2 cm³/mol. The zero-order valence-electron chi connectivity index (χ0n) is 12.7. The monoisotopic (exact) mass is 305 g/mol. The van der Waals surface area contributed by atoms with Crippen molar-refractivity contribution in [2.24, 2.45) is 0 Å². The Morgan fingerprint density at radius 1 is 1.24 bits per heavy atom. The van der Waals surface area contributed by atoms with Crippen molar-refractivity contribution in [3.05, 3.63) is 29.3 Å². The van der Waals surface area contributed by atoms with E-state index in [-0.39, 0.29) is 18.4 Å². The fourth-order valence-corrected chi connectivity index (χ4v) is 1.61. The Labute approximate surface area is 123 Å². The maximum Gasteiger partial charge on any atom is 0.419 e. The van der Waals surface area contributed by atoms with Crippen LogP contribution in [-0.2, 0) is 12.7 Å². The van der Waals surface area contributed by atoms with E-state index >= 15 is 0 Å². The number of alkyl halides is 3. The Hall–Kier alpha value is -1.27. The molecule has 0 aromatic heterocycles. The number of aliphatic hydroxyl groups is 1. The van der Waals surface area contributed by atoms with E-state index in [9.17, 15) is 18.3 Å². The Morgan fingerprint density at radius 2 is 1.86 bits per heavy atom. The van der Waals surface area contributed by atoms with E-state index in [1.54, 1.807) is 6.07 Å². The number of nitrogens with one attached hydrogen (secondary N) is 1. The molecule has 0 spiro atoms. The third-order valence-electron chi connectivity index (χ3n) is 2.64. The Balaban J connectivity index is 2.97. The summed E-state index contributed by atoms with van der Waals surface area (Å²) in [5.74, 6) is -0.266. The molecule has 1 aromatic carbocycles. The minimum Gasteiger partial charge on any atom is -0.490 e. The molecule has 0 unspecified atom stereocenters. The van der Waals surface area contributed by atoms with Crippen LogP contribution < -0.4 is 10.1 Å². The second kappa shape index (κ2) is 6.66. The third kappa shape index (κ3) is 6.35. The summed E-state index contributed by atoms with van der Waals surface area (Å²) in [7, 11) is 0. The molecule has 2 N–H and O–H groups in total. The van der Waals surface area contributed by atoms with Crippen LogP contribution in [0.4, 0.5) is 13.2 Å². The summed E-state index contributed by atoms with van der Waals surface area (Å²) in [5, 5.41) is 12.6. The first-order valence-electron chi connectivity index (χ1n) is 6.78. The third-order valence-corrected chi connectivity index (χ3v) is 2.64. The Bertz CT molecular complexity index is 465. The summed E-state index contributed by atoms with van der Waals surface area (Å²) in [6.07, 6.45) is -4.50. The average molecular weight is 305 g/mol. The summed E-state index contributed by atoms with van der Waals surface area (Å²) in [4.78, 5) is 0. The van der Waals surface area contributed by atoms with Crippen molar-refractivity contribution in [3.8, 4) is 5.75 Å². The van der Waals surface area contributed by atoms with Gasteiger partial charge in [0.05, 0.1) is 11.2 Å². The van der Waals surface area contributed by atoms with Gasteiger partial charge in [0.2, 0.25) is 0 Å². The van der Waals surface area contributed by atoms with E-state index in [1.165, 1.54) is 19.9 Å². The predicted octanol–water partition coefficient (Wildman–Crippen LogP) is 3.35. The van der Waals surface area contributed by atoms with Crippen molar-refractivity contribution in [2.45, 2.75) is 52.1 Å². The molecular weight excluding hydrogens is 283 g/mol. The molecule has 0 aliphatic heterocycles. The first-order valence-corrected chi connectivity index (χ1v) is 6.78. The van der Waals surface area contributed by atoms with E-state index in [1.807, 2.05) is 13.8 Å². The van der Waals surface area contributed by atoms with Gasteiger partial charge in [-0.2, -0.15) is 13.2 Å². The van der Waals surface area contributed by atoms with E-state index in [2.05, 4.69) is 5.32 Å². The maximum atomic E-state index is 13.1. The summed E-state index contributed by atoms with van der Waals surface area (Å²) in [6, 6.07) is 4.15. The van der Waals surface area contributed by atoms with Gasteiger partial charge in [-0.3, -0.25) is 0 Å². The van der Waals surface area contributed by atoms with E-state index in [0.29, 0.717) is 12.1 Å². The largest absolute Gasteiger partial charge is 0.490 e. The zero-order valence-corrected chi connectivity index (χ0v) is 12.7. The summed E-state index contributed by atoms with van der Waals surface area (Å²) in [5.41, 5.74) is -1.48. The molecular formula is C15H22F3NO2. The van der Waals surface area contributed by atoms with Crippen LogP contribution in [0.15, 0.2) is 18.2 Å². The standard InChI is InChI=1S/C15H22F3NO2/c1-10(2)19-8-11-5-6-13(21-9-14(3,4)20)12(7-11)15(16,17)18/h5-7,10,19-20H,8-9H2,1-4H3. The van der Waals surface area contributed by atoms with Crippen LogP contribution in [0, 0.1) is 0 Å². The van der Waals surface area contributed by atoms with E-state index < -0.39 is 17.3 Å². The van der Waals surface area contributed by atoms with E-state index in [4.69, 9.17) is 4.74 Å². The van der Waals surface area contributed by atoms with Gasteiger partial charge in [-0.1, -0.05) is 19.9 Å². The zero-order chi connectivity index (χ0) is 16.3. The Kier molecular flexibility index (Phi) is 5.64. The lowest BCUT2D eigenvalue weighted by atomic mass is 10.1. The van der Waals surface area contributed by atoms with Crippen LogP contribution in [0.2, 0.25) is 0 Å². The van der Waals surface area contributed by atoms with Crippen molar-refractivity contribution in [2.75, 3.05) is 6.61 Å². The fourth-order valence-electron chi connectivity index (χ4n) is 1.61. The molecule has 0 atom stereocenters. The number of ether oxygens (including phenoxy) is 1. The molecule has 3 nitrogen and oxygen atoms in total. The van der Waals surface area contributed by atoms with Gasteiger partial charge in [-0.25, -0.2) is 0 Å². The maximum absolute atomic E-state index is 13.1. The normalized spacial score (nSPS) is 12.8. The van der Waals surface area contributed by atoms with Crippen LogP contribution in [0.3, 0.4) is 0 Å². The van der Waals surface area contributed by atoms with Crippen LogP contribution in [0.5, 0.6) is 5.75 Å². The lowest BCUT2D eigenvalue weighted by Crippen LogP contribution is -2.28. The van der Waals surface area contributed by atoms with Crippen LogP contribution >= 0.6 is 0 Å². The number of benzene rings is 1. The van der Waals surface area contributed by atoms with Gasteiger partial charge in [0, 0.05) is 12.6 Å². The van der Waals surface area contributed by atoms with Gasteiger partial charge >= 0.3 is 6.18 Å². The van der Waals surface area contributed by atoms with E-state index in [0.717, 1.165) is 6.07 Å². The molecule has 0 aliphatic carbocycles. The highest BCUT2D eigenvalue weighted by atomic mass is 19.4. The molecule has 6 heteroatoms. The van der Waals surface area contributed by atoms with Gasteiger partial charge in [0.1, 0.15) is 12.4 Å². The summed E-state index contributed by atoms with van der Waals surface area (Å²) < 4.78 is 44.4. The minimum absolute atomic E-state index is 0.186. The molecule has 0 amide bonds. The molecule has 1 rings (SSSR count). The number of hydrogen-bond acceptors (Lipinski definition) is 3. The molecule has 120 valence electrons. The summed E-state index contributed by atoms with van der Waals surface area (Å²) >= 11 is 0. The highest BCUT2D eigenvalue weighted by Crippen LogP contribution is 2.37. The van der Waals surface area contributed by atoms with Crippen molar-refractivity contribution in [3.63, 3.8) is 0 Å². The highest BCUT2D eigenvalue weighted by Gasteiger charge is 2.35. The average Bonchev–Trinajstić information content (AvgIpc) is 2.32. The number of hydrogen-bond donors (Lipinski definition) is 2. The highest BCUT2D eigenvalue weighted by molar-refractivity contribution is 5.39. The van der Waals surface area contributed by atoms with Gasteiger partial charge in [-0.15, -0.1) is 0 Å². The lowest BCUT2D eigenvalue weighted by Gasteiger charge is -2.21. The van der Waals surface area contributed by atoms with Crippen molar-refractivity contribution >= 4 is 0 Å². The van der Waals surface area contributed by atoms with Gasteiger partial charge in [0.15, 0.2) is 0 Å². The molecule has 21 heavy (non-hydrogen) atoms. The molecule has 0 heterocycles. The van der Waals surface area contributed by atoms with Crippen LogP contribution in [-0.4, -0.2) is 23.4 Å². The first-order chi connectivity index (χ1) is 9.49. The minimum atomic E-state index is -4.50. The second-order valence-electron chi connectivity index (χ2n) is 5.96. The van der Waals surface area contributed by atoms with Gasteiger partial charge < -0.3 is 15.2 Å². The topological polar surface area (TPSA) is 41.5 Å². The first kappa shape index (κ1) is 17.8. The van der Waals surface area contributed by atoms with Gasteiger partial charge in [-0.05, 0) is 31.5 Å². The van der Waals surface area contributed by atoms with Crippen LogP contribution in [0.25, 0.3) is 0 Å². The SMILES string of the molecule is CC(C)NCc1ccc(OCC(C)(C)O)c(C(F)(F)F)c1.